The molecule has 7 heteroatoms. The van der Waals surface area contributed by atoms with Crippen molar-refractivity contribution >= 4 is 33.9 Å². The fourth-order valence-corrected chi connectivity index (χ4v) is 3.05. The smallest absolute Gasteiger partial charge is 0.253 e. The Labute approximate surface area is 162 Å². The zero-order valence-electron chi connectivity index (χ0n) is 14.9. The van der Waals surface area contributed by atoms with Crippen LogP contribution >= 0.6 is 12.2 Å². The number of aliphatic hydroxyl groups is 1. The molecule has 0 atom stereocenters. The Morgan fingerprint density at radius 1 is 1.22 bits per heavy atom. The highest BCUT2D eigenvalue weighted by Crippen LogP contribution is 2.19. The molecule has 0 bridgehead atoms. The van der Waals surface area contributed by atoms with E-state index in [9.17, 15) is 9.90 Å². The molecule has 0 radical (unpaired) electrons. The number of nitrogens with zero attached hydrogens (tertiary/aromatic N) is 1. The van der Waals surface area contributed by atoms with Crippen LogP contribution in [0.4, 0.5) is 5.69 Å². The van der Waals surface area contributed by atoms with Gasteiger partial charge >= 0.3 is 0 Å². The zero-order valence-corrected chi connectivity index (χ0v) is 15.8. The lowest BCUT2D eigenvalue weighted by atomic mass is 10.1. The van der Waals surface area contributed by atoms with Crippen molar-refractivity contribution in [2.75, 3.05) is 25.6 Å². The number of fused-ring (bicyclic) bond motifs is 1. The molecule has 6 nitrogen and oxygen atoms in total. The number of benzene rings is 2. The van der Waals surface area contributed by atoms with Crippen LogP contribution in [0.1, 0.15) is 5.56 Å². The SMILES string of the molecule is COc1ccc2cc(CN(CCO)C(=S)Nc3ccccc3)c(=O)[nH]c2c1. The number of para-hydroxylation sites is 1. The molecule has 0 saturated heterocycles. The van der Waals surface area contributed by atoms with E-state index in [1.54, 1.807) is 18.1 Å². The Kier molecular flexibility index (Phi) is 6.05. The molecule has 3 rings (SSSR count). The maximum Gasteiger partial charge on any atom is 0.253 e. The summed E-state index contributed by atoms with van der Waals surface area (Å²) in [5.74, 6) is 0.682. The van der Waals surface area contributed by atoms with Crippen molar-refractivity contribution in [1.29, 1.82) is 0 Å². The van der Waals surface area contributed by atoms with Crippen molar-refractivity contribution in [3.8, 4) is 5.75 Å². The number of methoxy groups -OCH3 is 1. The monoisotopic (exact) mass is 383 g/mol. The van der Waals surface area contributed by atoms with E-state index < -0.39 is 0 Å². The van der Waals surface area contributed by atoms with Crippen LogP contribution in [0, 0.1) is 0 Å². The lowest BCUT2D eigenvalue weighted by Crippen LogP contribution is -2.37. The fraction of sp³-hybridized carbons (Fsp3) is 0.200. The molecule has 0 aliphatic carbocycles. The van der Waals surface area contributed by atoms with Crippen molar-refractivity contribution in [2.24, 2.45) is 0 Å². The molecule has 0 aliphatic heterocycles. The van der Waals surface area contributed by atoms with Crippen molar-refractivity contribution < 1.29 is 9.84 Å². The Morgan fingerprint density at radius 3 is 2.70 bits per heavy atom. The quantitative estimate of drug-likeness (QED) is 0.568. The minimum Gasteiger partial charge on any atom is -0.497 e. The second-order valence-corrected chi connectivity index (χ2v) is 6.40. The van der Waals surface area contributed by atoms with Crippen molar-refractivity contribution in [3.63, 3.8) is 0 Å². The number of nitrogens with one attached hydrogen (secondary N) is 2. The number of aromatic nitrogens is 1. The van der Waals surface area contributed by atoms with Crippen LogP contribution in [0.3, 0.4) is 0 Å². The highest BCUT2D eigenvalue weighted by molar-refractivity contribution is 7.80. The standard InChI is InChI=1S/C20H21N3O3S/c1-26-17-8-7-14-11-15(19(25)22-18(14)12-17)13-23(9-10-24)20(27)21-16-5-3-2-4-6-16/h2-8,11-12,24H,9-10,13H2,1H3,(H,21,27)(H,22,25). The molecule has 3 aromatic rings. The lowest BCUT2D eigenvalue weighted by Gasteiger charge is -2.25. The second kappa shape index (κ2) is 8.66. The number of aromatic amines is 1. The van der Waals surface area contributed by atoms with Gasteiger partial charge in [-0.15, -0.1) is 0 Å². The largest absolute Gasteiger partial charge is 0.497 e. The first kappa shape index (κ1) is 18.9. The Bertz CT molecular complexity index is 989. The van der Waals surface area contributed by atoms with Gasteiger partial charge < -0.3 is 25.0 Å². The van der Waals surface area contributed by atoms with Gasteiger partial charge in [-0.3, -0.25) is 4.79 Å². The molecular weight excluding hydrogens is 362 g/mol. The highest BCUT2D eigenvalue weighted by Gasteiger charge is 2.13. The minimum absolute atomic E-state index is 0.0701. The van der Waals surface area contributed by atoms with E-state index in [4.69, 9.17) is 17.0 Å². The van der Waals surface area contributed by atoms with Crippen LogP contribution in [0.25, 0.3) is 10.9 Å². The van der Waals surface area contributed by atoms with Crippen molar-refractivity contribution in [3.05, 3.63) is 70.5 Å². The summed E-state index contributed by atoms with van der Waals surface area (Å²) in [5, 5.41) is 13.9. The Balaban J connectivity index is 1.84. The lowest BCUT2D eigenvalue weighted by molar-refractivity contribution is 0.248. The van der Waals surface area contributed by atoms with Crippen LogP contribution in [0.5, 0.6) is 5.75 Å². The average molecular weight is 383 g/mol. The van der Waals surface area contributed by atoms with Crippen LogP contribution in [-0.2, 0) is 6.54 Å². The summed E-state index contributed by atoms with van der Waals surface area (Å²) in [5.41, 5.74) is 1.94. The van der Waals surface area contributed by atoms with Gasteiger partial charge in [0.05, 0.1) is 25.8 Å². The number of H-pyrrole nitrogens is 1. The number of thiocarbonyl (C=S) groups is 1. The third-order valence-electron chi connectivity index (χ3n) is 4.17. The first-order valence-electron chi connectivity index (χ1n) is 8.52. The molecule has 27 heavy (non-hydrogen) atoms. The number of ether oxygens (including phenoxy) is 1. The Morgan fingerprint density at radius 2 is 2.00 bits per heavy atom. The van der Waals surface area contributed by atoms with Gasteiger partial charge in [0, 0.05) is 23.9 Å². The van der Waals surface area contributed by atoms with E-state index >= 15 is 0 Å². The van der Waals surface area contributed by atoms with Gasteiger partial charge in [-0.1, -0.05) is 18.2 Å². The third kappa shape index (κ3) is 4.64. The van der Waals surface area contributed by atoms with E-state index in [-0.39, 0.29) is 18.7 Å². The maximum absolute atomic E-state index is 12.5. The topological polar surface area (TPSA) is 77.6 Å². The van der Waals surface area contributed by atoms with Gasteiger partial charge in [0.25, 0.3) is 5.56 Å². The average Bonchev–Trinajstić information content (AvgIpc) is 2.68. The normalized spacial score (nSPS) is 10.6. The molecule has 1 heterocycles. The summed E-state index contributed by atoms with van der Waals surface area (Å²) in [4.78, 5) is 17.2. The van der Waals surface area contributed by atoms with Gasteiger partial charge in [-0.2, -0.15) is 0 Å². The maximum atomic E-state index is 12.5. The van der Waals surface area contributed by atoms with Crippen molar-refractivity contribution in [1.82, 2.24) is 9.88 Å². The van der Waals surface area contributed by atoms with E-state index in [1.807, 2.05) is 48.5 Å². The van der Waals surface area contributed by atoms with Gasteiger partial charge in [-0.25, -0.2) is 0 Å². The molecular formula is C20H21N3O3S. The van der Waals surface area contributed by atoms with Crippen molar-refractivity contribution in [2.45, 2.75) is 6.54 Å². The molecule has 3 N–H and O–H groups in total. The third-order valence-corrected chi connectivity index (χ3v) is 4.53. The minimum atomic E-state index is -0.193. The van der Waals surface area contributed by atoms with Gasteiger partial charge in [-0.05, 0) is 47.9 Å². The molecule has 1 aromatic heterocycles. The summed E-state index contributed by atoms with van der Waals surface area (Å²) in [6, 6.07) is 16.9. The zero-order chi connectivity index (χ0) is 19.2. The first-order valence-corrected chi connectivity index (χ1v) is 8.93. The first-order chi connectivity index (χ1) is 13.1. The molecule has 2 aromatic carbocycles. The number of anilines is 1. The summed E-state index contributed by atoms with van der Waals surface area (Å²) in [7, 11) is 1.58. The highest BCUT2D eigenvalue weighted by atomic mass is 32.1. The number of hydrogen-bond donors (Lipinski definition) is 3. The molecule has 0 amide bonds. The van der Waals surface area contributed by atoms with Crippen LogP contribution in [0.15, 0.2) is 59.4 Å². The predicted molar refractivity (Wildman–Crippen MR) is 111 cm³/mol. The molecule has 140 valence electrons. The molecule has 0 spiro atoms. The van der Waals surface area contributed by atoms with Crippen LogP contribution in [-0.4, -0.2) is 40.4 Å². The van der Waals surface area contributed by atoms with Gasteiger partial charge in [0.1, 0.15) is 5.75 Å². The van der Waals surface area contributed by atoms with Crippen LogP contribution in [0.2, 0.25) is 0 Å². The molecule has 0 unspecified atom stereocenters. The number of rotatable bonds is 6. The number of hydrogen-bond acceptors (Lipinski definition) is 4. The second-order valence-electron chi connectivity index (χ2n) is 6.02. The summed E-state index contributed by atoms with van der Waals surface area (Å²) in [6.45, 7) is 0.536. The Hall–Kier alpha value is -2.90. The van der Waals surface area contributed by atoms with E-state index in [0.717, 1.165) is 11.1 Å². The van der Waals surface area contributed by atoms with Crippen LogP contribution < -0.4 is 15.6 Å². The molecule has 0 saturated carbocycles. The summed E-state index contributed by atoms with van der Waals surface area (Å²) < 4.78 is 5.19. The molecule has 0 fully saturated rings. The number of pyridine rings is 1. The molecule has 0 aliphatic rings. The fourth-order valence-electron chi connectivity index (χ4n) is 2.77. The van der Waals surface area contributed by atoms with E-state index in [0.29, 0.717) is 28.5 Å². The predicted octanol–water partition coefficient (Wildman–Crippen LogP) is 2.73. The number of aliphatic hydroxyl groups excluding tert-OH is 1. The van der Waals surface area contributed by atoms with E-state index in [1.165, 1.54) is 0 Å². The van der Waals surface area contributed by atoms with Gasteiger partial charge in [0.2, 0.25) is 0 Å². The summed E-state index contributed by atoms with van der Waals surface area (Å²) in [6.07, 6.45) is 0. The van der Waals surface area contributed by atoms with Gasteiger partial charge in [0.15, 0.2) is 5.11 Å². The summed E-state index contributed by atoms with van der Waals surface area (Å²) >= 11 is 5.47. The van der Waals surface area contributed by atoms with E-state index in [2.05, 4.69) is 10.3 Å².